The lowest BCUT2D eigenvalue weighted by atomic mass is 10.0. The molecule has 0 aliphatic rings. The van der Waals surface area contributed by atoms with Gasteiger partial charge in [0, 0.05) is 5.71 Å². The first kappa shape index (κ1) is 10.8. The molecule has 1 N–H and O–H groups in total. The number of unbranched alkanes of at least 4 members (excludes halogenated alkanes) is 1. The Balaban J connectivity index is 2.69. The van der Waals surface area contributed by atoms with E-state index in [1.807, 2.05) is 24.3 Å². The highest BCUT2D eigenvalue weighted by molar-refractivity contribution is 5.98. The van der Waals surface area contributed by atoms with E-state index in [9.17, 15) is 0 Å². The number of ether oxygens (including phenoxy) is 1. The van der Waals surface area contributed by atoms with Gasteiger partial charge in [-0.25, -0.2) is 0 Å². The minimum atomic E-state index is 0.700. The largest absolute Gasteiger partial charge is 0.497 e. The minimum Gasteiger partial charge on any atom is -0.497 e. The van der Waals surface area contributed by atoms with E-state index < -0.39 is 0 Å². The lowest BCUT2D eigenvalue weighted by molar-refractivity contribution is 0.414. The third-order valence-corrected chi connectivity index (χ3v) is 2.20. The van der Waals surface area contributed by atoms with Crippen LogP contribution in [0.5, 0.6) is 5.75 Å². The Hall–Kier alpha value is -1.31. The van der Waals surface area contributed by atoms with Crippen LogP contribution in [0.15, 0.2) is 24.3 Å². The number of methoxy groups -OCH3 is 1. The molecule has 0 atom stereocenters. The number of hydrogen-bond donors (Lipinski definition) is 1. The highest BCUT2D eigenvalue weighted by Gasteiger charge is 2.01. The van der Waals surface area contributed by atoms with Crippen molar-refractivity contribution in [3.63, 3.8) is 0 Å². The van der Waals surface area contributed by atoms with Crippen LogP contribution in [0, 0.1) is 5.41 Å². The third kappa shape index (κ3) is 2.87. The van der Waals surface area contributed by atoms with Gasteiger partial charge in [-0.15, -0.1) is 0 Å². The van der Waals surface area contributed by atoms with Crippen LogP contribution in [0.3, 0.4) is 0 Å². The summed E-state index contributed by atoms with van der Waals surface area (Å²) in [5.41, 5.74) is 1.67. The van der Waals surface area contributed by atoms with Crippen LogP contribution in [0.1, 0.15) is 31.7 Å². The second-order valence-corrected chi connectivity index (χ2v) is 3.31. The monoisotopic (exact) mass is 191 g/mol. The first-order valence-electron chi connectivity index (χ1n) is 4.99. The molecule has 1 aromatic carbocycles. The molecule has 0 heterocycles. The third-order valence-electron chi connectivity index (χ3n) is 2.20. The summed E-state index contributed by atoms with van der Waals surface area (Å²) in [5, 5.41) is 7.85. The molecule has 1 rings (SSSR count). The first-order chi connectivity index (χ1) is 6.77. The topological polar surface area (TPSA) is 33.1 Å². The average Bonchev–Trinajstić information content (AvgIpc) is 2.26. The van der Waals surface area contributed by atoms with Crippen molar-refractivity contribution in [3.8, 4) is 5.75 Å². The summed E-state index contributed by atoms with van der Waals surface area (Å²) >= 11 is 0. The molecule has 0 aliphatic carbocycles. The van der Waals surface area contributed by atoms with Gasteiger partial charge in [-0.3, -0.25) is 0 Å². The molecule has 0 radical (unpaired) electrons. The number of hydrogen-bond acceptors (Lipinski definition) is 2. The van der Waals surface area contributed by atoms with Crippen molar-refractivity contribution < 1.29 is 4.74 Å². The molecule has 2 nitrogen and oxygen atoms in total. The summed E-state index contributed by atoms with van der Waals surface area (Å²) in [6.45, 7) is 2.14. The van der Waals surface area contributed by atoms with Crippen molar-refractivity contribution in [1.29, 1.82) is 5.41 Å². The standard InChI is InChI=1S/C12H17NO/c1-3-4-8-12(13)10-6-5-7-11(9-10)14-2/h5-7,9,13H,3-4,8H2,1-2H3. The summed E-state index contributed by atoms with van der Waals surface area (Å²) in [6.07, 6.45) is 3.06. The fourth-order valence-electron chi connectivity index (χ4n) is 1.31. The summed E-state index contributed by atoms with van der Waals surface area (Å²) in [7, 11) is 1.65. The molecular weight excluding hydrogens is 174 g/mol. The molecule has 0 bridgehead atoms. The van der Waals surface area contributed by atoms with Crippen LogP contribution >= 0.6 is 0 Å². The Morgan fingerprint density at radius 1 is 1.43 bits per heavy atom. The van der Waals surface area contributed by atoms with Crippen molar-refractivity contribution >= 4 is 5.71 Å². The Morgan fingerprint density at radius 3 is 2.86 bits per heavy atom. The van der Waals surface area contributed by atoms with Crippen LogP contribution < -0.4 is 4.74 Å². The average molecular weight is 191 g/mol. The number of nitrogens with one attached hydrogen (secondary N) is 1. The molecule has 0 fully saturated rings. The Kier molecular flexibility index (Phi) is 4.17. The summed E-state index contributed by atoms with van der Waals surface area (Å²) in [6, 6.07) is 7.70. The van der Waals surface area contributed by atoms with E-state index in [-0.39, 0.29) is 0 Å². The summed E-state index contributed by atoms with van der Waals surface area (Å²) < 4.78 is 5.11. The zero-order chi connectivity index (χ0) is 10.4. The van der Waals surface area contributed by atoms with E-state index in [2.05, 4.69) is 6.92 Å². The zero-order valence-electron chi connectivity index (χ0n) is 8.84. The van der Waals surface area contributed by atoms with Gasteiger partial charge in [-0.05, 0) is 30.5 Å². The van der Waals surface area contributed by atoms with Gasteiger partial charge in [0.1, 0.15) is 5.75 Å². The molecule has 0 aliphatic heterocycles. The molecule has 76 valence electrons. The van der Waals surface area contributed by atoms with Gasteiger partial charge in [0.05, 0.1) is 7.11 Å². The van der Waals surface area contributed by atoms with Gasteiger partial charge in [-0.2, -0.15) is 0 Å². The Labute approximate surface area is 85.4 Å². The normalized spacial score (nSPS) is 9.86. The van der Waals surface area contributed by atoms with Crippen molar-refractivity contribution in [2.45, 2.75) is 26.2 Å². The first-order valence-corrected chi connectivity index (χ1v) is 4.99. The molecule has 0 amide bonds. The quantitative estimate of drug-likeness (QED) is 0.712. The SMILES string of the molecule is CCCCC(=N)c1cccc(OC)c1. The van der Waals surface area contributed by atoms with Crippen LogP contribution in [-0.2, 0) is 0 Å². The molecule has 1 aromatic rings. The zero-order valence-corrected chi connectivity index (χ0v) is 8.84. The molecule has 0 aromatic heterocycles. The van der Waals surface area contributed by atoms with Gasteiger partial charge in [0.15, 0.2) is 0 Å². The molecule has 0 saturated carbocycles. The molecule has 2 heteroatoms. The van der Waals surface area contributed by atoms with Crippen LogP contribution in [0.25, 0.3) is 0 Å². The highest BCUT2D eigenvalue weighted by Crippen LogP contribution is 2.14. The maximum absolute atomic E-state index is 7.85. The lowest BCUT2D eigenvalue weighted by Crippen LogP contribution is -1.98. The molecule has 0 spiro atoms. The molecular formula is C12H17NO. The van der Waals surface area contributed by atoms with Crippen LogP contribution in [-0.4, -0.2) is 12.8 Å². The van der Waals surface area contributed by atoms with E-state index in [1.54, 1.807) is 7.11 Å². The highest BCUT2D eigenvalue weighted by atomic mass is 16.5. The van der Waals surface area contributed by atoms with Crippen molar-refractivity contribution in [3.05, 3.63) is 29.8 Å². The van der Waals surface area contributed by atoms with Gasteiger partial charge < -0.3 is 10.1 Å². The second kappa shape index (κ2) is 5.43. The van der Waals surface area contributed by atoms with Gasteiger partial charge in [-0.1, -0.05) is 25.5 Å². The number of rotatable bonds is 5. The Bertz CT molecular complexity index is 307. The molecule has 0 saturated heterocycles. The smallest absolute Gasteiger partial charge is 0.119 e. The van der Waals surface area contributed by atoms with Crippen LogP contribution in [0.4, 0.5) is 0 Å². The van der Waals surface area contributed by atoms with Crippen molar-refractivity contribution in [1.82, 2.24) is 0 Å². The molecule has 0 unspecified atom stereocenters. The van der Waals surface area contributed by atoms with Crippen LogP contribution in [0.2, 0.25) is 0 Å². The summed E-state index contributed by atoms with van der Waals surface area (Å²) in [4.78, 5) is 0. The van der Waals surface area contributed by atoms with Gasteiger partial charge in [0.25, 0.3) is 0 Å². The van der Waals surface area contributed by atoms with Gasteiger partial charge in [0.2, 0.25) is 0 Å². The predicted octanol–water partition coefficient (Wildman–Crippen LogP) is 3.25. The van der Waals surface area contributed by atoms with E-state index in [0.717, 1.165) is 30.6 Å². The fraction of sp³-hybridized carbons (Fsp3) is 0.417. The fourth-order valence-corrected chi connectivity index (χ4v) is 1.31. The summed E-state index contributed by atoms with van der Waals surface area (Å²) in [5.74, 6) is 0.823. The van der Waals surface area contributed by atoms with Gasteiger partial charge >= 0.3 is 0 Å². The Morgan fingerprint density at radius 2 is 2.21 bits per heavy atom. The predicted molar refractivity (Wildman–Crippen MR) is 59.3 cm³/mol. The molecule has 14 heavy (non-hydrogen) atoms. The van der Waals surface area contributed by atoms with Crippen molar-refractivity contribution in [2.24, 2.45) is 0 Å². The maximum atomic E-state index is 7.85. The minimum absolute atomic E-state index is 0.700. The second-order valence-electron chi connectivity index (χ2n) is 3.31. The van der Waals surface area contributed by atoms with E-state index >= 15 is 0 Å². The van der Waals surface area contributed by atoms with Crippen molar-refractivity contribution in [2.75, 3.05) is 7.11 Å². The van der Waals surface area contributed by atoms with E-state index in [4.69, 9.17) is 10.1 Å². The van der Waals surface area contributed by atoms with E-state index in [0.29, 0.717) is 5.71 Å². The lowest BCUT2D eigenvalue weighted by Gasteiger charge is -2.05. The maximum Gasteiger partial charge on any atom is 0.119 e. The number of benzene rings is 1. The van der Waals surface area contributed by atoms with E-state index in [1.165, 1.54) is 0 Å².